The van der Waals surface area contributed by atoms with E-state index in [2.05, 4.69) is 0 Å². The molecule has 0 atom stereocenters. The number of aryl methyl sites for hydroxylation is 1. The minimum Gasteiger partial charge on any atom is -0.497 e. The summed E-state index contributed by atoms with van der Waals surface area (Å²) in [5, 5.41) is 0. The molecule has 0 fully saturated rings. The van der Waals surface area contributed by atoms with Gasteiger partial charge in [-0.3, -0.25) is 4.79 Å². The average molecular weight is 193 g/mol. The molecule has 0 saturated carbocycles. The van der Waals surface area contributed by atoms with Crippen molar-refractivity contribution in [2.45, 2.75) is 19.8 Å². The largest absolute Gasteiger partial charge is 0.497 e. The van der Waals surface area contributed by atoms with Crippen molar-refractivity contribution in [1.29, 1.82) is 0 Å². The van der Waals surface area contributed by atoms with E-state index >= 15 is 0 Å². The third-order valence-electron chi connectivity index (χ3n) is 2.16. The summed E-state index contributed by atoms with van der Waals surface area (Å²) in [4.78, 5) is 10.8. The van der Waals surface area contributed by atoms with Crippen LogP contribution in [0.2, 0.25) is 0 Å². The van der Waals surface area contributed by atoms with E-state index in [1.165, 1.54) is 0 Å². The summed E-state index contributed by atoms with van der Waals surface area (Å²) in [5.74, 6) is 0.514. The molecule has 0 radical (unpaired) electrons. The third-order valence-corrected chi connectivity index (χ3v) is 2.16. The Kier molecular flexibility index (Phi) is 3.51. The third kappa shape index (κ3) is 2.49. The van der Waals surface area contributed by atoms with Gasteiger partial charge in [-0.15, -0.1) is 0 Å². The van der Waals surface area contributed by atoms with Crippen molar-refractivity contribution < 1.29 is 9.53 Å². The van der Waals surface area contributed by atoms with Crippen LogP contribution in [0.4, 0.5) is 0 Å². The molecule has 1 aromatic carbocycles. The van der Waals surface area contributed by atoms with Gasteiger partial charge in [0, 0.05) is 0 Å². The van der Waals surface area contributed by atoms with E-state index in [1.54, 1.807) is 7.11 Å². The quantitative estimate of drug-likeness (QED) is 0.783. The van der Waals surface area contributed by atoms with Crippen LogP contribution in [0.25, 0.3) is 0 Å². The Morgan fingerprint density at radius 3 is 2.64 bits per heavy atom. The van der Waals surface area contributed by atoms with Crippen LogP contribution in [0, 0.1) is 0 Å². The first kappa shape index (κ1) is 10.6. The normalized spacial score (nSPS) is 9.86. The van der Waals surface area contributed by atoms with Crippen molar-refractivity contribution >= 4 is 5.91 Å². The maximum Gasteiger partial charge on any atom is 0.221 e. The number of primary amides is 1. The lowest BCUT2D eigenvalue weighted by atomic mass is 10.0. The molecule has 1 amide bonds. The summed E-state index contributed by atoms with van der Waals surface area (Å²) in [5.41, 5.74) is 7.25. The predicted octanol–water partition coefficient (Wildman–Crippen LogP) is 1.29. The number of amides is 1. The highest BCUT2D eigenvalue weighted by Crippen LogP contribution is 2.18. The minimum atomic E-state index is -0.301. The van der Waals surface area contributed by atoms with E-state index in [-0.39, 0.29) is 5.91 Å². The second kappa shape index (κ2) is 4.65. The molecule has 76 valence electrons. The molecule has 1 aromatic rings. The van der Waals surface area contributed by atoms with Gasteiger partial charge in [-0.25, -0.2) is 0 Å². The van der Waals surface area contributed by atoms with Crippen molar-refractivity contribution in [2.24, 2.45) is 5.73 Å². The van der Waals surface area contributed by atoms with Crippen LogP contribution < -0.4 is 10.5 Å². The number of nitrogens with two attached hydrogens (primary N) is 1. The van der Waals surface area contributed by atoms with Gasteiger partial charge in [0.15, 0.2) is 0 Å². The number of hydrogen-bond acceptors (Lipinski definition) is 2. The first-order valence-corrected chi connectivity index (χ1v) is 4.61. The monoisotopic (exact) mass is 193 g/mol. The van der Waals surface area contributed by atoms with Crippen LogP contribution in [0.1, 0.15) is 18.1 Å². The lowest BCUT2D eigenvalue weighted by molar-refractivity contribution is -0.117. The Morgan fingerprint density at radius 2 is 2.14 bits per heavy atom. The Morgan fingerprint density at radius 1 is 1.43 bits per heavy atom. The Bertz CT molecular complexity index is 334. The number of methoxy groups -OCH3 is 1. The van der Waals surface area contributed by atoms with Gasteiger partial charge in [0.2, 0.25) is 5.91 Å². The van der Waals surface area contributed by atoms with Crippen LogP contribution in [0.15, 0.2) is 18.2 Å². The van der Waals surface area contributed by atoms with E-state index in [1.807, 2.05) is 25.1 Å². The number of rotatable bonds is 4. The summed E-state index contributed by atoms with van der Waals surface area (Å²) < 4.78 is 5.10. The summed E-state index contributed by atoms with van der Waals surface area (Å²) in [6, 6.07) is 5.68. The van der Waals surface area contributed by atoms with E-state index < -0.39 is 0 Å². The molecule has 0 bridgehead atoms. The van der Waals surface area contributed by atoms with Gasteiger partial charge < -0.3 is 10.5 Å². The molecule has 0 aliphatic heterocycles. The molecule has 0 aliphatic carbocycles. The van der Waals surface area contributed by atoms with Gasteiger partial charge in [-0.2, -0.15) is 0 Å². The number of hydrogen-bond donors (Lipinski definition) is 1. The maximum absolute atomic E-state index is 10.8. The Labute approximate surface area is 83.9 Å². The number of carbonyl (C=O) groups is 1. The van der Waals surface area contributed by atoms with Gasteiger partial charge in [-0.05, 0) is 29.7 Å². The van der Waals surface area contributed by atoms with Gasteiger partial charge in [0.25, 0.3) is 0 Å². The van der Waals surface area contributed by atoms with Gasteiger partial charge >= 0.3 is 0 Å². The predicted molar refractivity (Wildman–Crippen MR) is 55.3 cm³/mol. The smallest absolute Gasteiger partial charge is 0.221 e. The highest BCUT2D eigenvalue weighted by atomic mass is 16.5. The van der Waals surface area contributed by atoms with Crippen LogP contribution in [0.5, 0.6) is 5.75 Å². The molecular formula is C11H15NO2. The molecule has 0 aromatic heterocycles. The van der Waals surface area contributed by atoms with Crippen LogP contribution in [0.3, 0.4) is 0 Å². The number of carbonyl (C=O) groups excluding carboxylic acids is 1. The molecule has 14 heavy (non-hydrogen) atoms. The summed E-state index contributed by atoms with van der Waals surface area (Å²) >= 11 is 0. The average Bonchev–Trinajstić information content (AvgIpc) is 2.17. The fourth-order valence-electron chi connectivity index (χ4n) is 1.42. The molecule has 3 nitrogen and oxygen atoms in total. The second-order valence-corrected chi connectivity index (χ2v) is 3.13. The standard InChI is InChI=1S/C11H15NO2/c1-3-8-6-10(14-2)5-4-9(8)7-11(12)13/h4-6H,3,7H2,1-2H3,(H2,12,13). The molecule has 1 rings (SSSR count). The molecule has 2 N–H and O–H groups in total. The zero-order valence-electron chi connectivity index (χ0n) is 8.54. The molecular weight excluding hydrogens is 178 g/mol. The van der Waals surface area contributed by atoms with Crippen LogP contribution >= 0.6 is 0 Å². The first-order chi connectivity index (χ1) is 6.67. The van der Waals surface area contributed by atoms with Crippen molar-refractivity contribution in [1.82, 2.24) is 0 Å². The lowest BCUT2D eigenvalue weighted by Gasteiger charge is -2.08. The number of benzene rings is 1. The summed E-state index contributed by atoms with van der Waals surface area (Å²) in [6.45, 7) is 2.04. The zero-order valence-corrected chi connectivity index (χ0v) is 8.54. The Balaban J connectivity index is 2.98. The minimum absolute atomic E-state index is 0.299. The number of ether oxygens (including phenoxy) is 1. The molecule has 0 heterocycles. The highest BCUT2D eigenvalue weighted by Gasteiger charge is 2.05. The van der Waals surface area contributed by atoms with Gasteiger partial charge in [0.05, 0.1) is 13.5 Å². The SMILES string of the molecule is CCc1cc(OC)ccc1CC(N)=O. The van der Waals surface area contributed by atoms with E-state index in [0.717, 1.165) is 23.3 Å². The van der Waals surface area contributed by atoms with Crippen molar-refractivity contribution in [2.75, 3.05) is 7.11 Å². The second-order valence-electron chi connectivity index (χ2n) is 3.13. The highest BCUT2D eigenvalue weighted by molar-refractivity contribution is 5.77. The van der Waals surface area contributed by atoms with Crippen molar-refractivity contribution in [3.63, 3.8) is 0 Å². The van der Waals surface area contributed by atoms with E-state index in [9.17, 15) is 4.79 Å². The van der Waals surface area contributed by atoms with Crippen LogP contribution in [-0.2, 0) is 17.6 Å². The molecule has 0 spiro atoms. The topological polar surface area (TPSA) is 52.3 Å². The summed E-state index contributed by atoms with van der Waals surface area (Å²) in [7, 11) is 1.63. The maximum atomic E-state index is 10.8. The fraction of sp³-hybridized carbons (Fsp3) is 0.364. The van der Waals surface area contributed by atoms with Gasteiger partial charge in [-0.1, -0.05) is 13.0 Å². The Hall–Kier alpha value is -1.51. The van der Waals surface area contributed by atoms with E-state index in [0.29, 0.717) is 6.42 Å². The molecule has 0 unspecified atom stereocenters. The van der Waals surface area contributed by atoms with Gasteiger partial charge in [0.1, 0.15) is 5.75 Å². The first-order valence-electron chi connectivity index (χ1n) is 4.61. The van der Waals surface area contributed by atoms with Crippen molar-refractivity contribution in [3.05, 3.63) is 29.3 Å². The molecule has 0 aliphatic rings. The van der Waals surface area contributed by atoms with E-state index in [4.69, 9.17) is 10.5 Å². The van der Waals surface area contributed by atoms with Crippen molar-refractivity contribution in [3.8, 4) is 5.75 Å². The fourth-order valence-corrected chi connectivity index (χ4v) is 1.42. The molecule has 3 heteroatoms. The zero-order chi connectivity index (χ0) is 10.6. The lowest BCUT2D eigenvalue weighted by Crippen LogP contribution is -2.14. The van der Waals surface area contributed by atoms with Crippen LogP contribution in [-0.4, -0.2) is 13.0 Å². The molecule has 0 saturated heterocycles. The summed E-state index contributed by atoms with van der Waals surface area (Å²) in [6.07, 6.45) is 1.17.